The van der Waals surface area contributed by atoms with Crippen LogP contribution in [0.2, 0.25) is 5.02 Å². The van der Waals surface area contributed by atoms with Crippen LogP contribution in [0, 0.1) is 0 Å². The van der Waals surface area contributed by atoms with Crippen molar-refractivity contribution in [3.8, 4) is 0 Å². The van der Waals surface area contributed by atoms with E-state index < -0.39 is 16.1 Å². The van der Waals surface area contributed by atoms with Gasteiger partial charge in [0.2, 0.25) is 10.0 Å². The van der Waals surface area contributed by atoms with Gasteiger partial charge in [0.05, 0.1) is 15.4 Å². The minimum Gasteiger partial charge on any atom is -0.395 e. The van der Waals surface area contributed by atoms with Crippen LogP contribution in [0.15, 0.2) is 14.1 Å². The summed E-state index contributed by atoms with van der Waals surface area (Å²) in [6, 6.07) is 0.845. The molecule has 1 aromatic heterocycles. The van der Waals surface area contributed by atoms with Crippen molar-refractivity contribution in [1.82, 2.24) is 4.72 Å². The first-order valence-electron chi connectivity index (χ1n) is 3.95. The molecule has 0 spiro atoms. The highest BCUT2D eigenvalue weighted by Gasteiger charge is 2.20. The van der Waals surface area contributed by atoms with Crippen LogP contribution in [-0.2, 0) is 10.0 Å². The van der Waals surface area contributed by atoms with E-state index in [0.29, 0.717) is 8.81 Å². The molecule has 0 fully saturated rings. The van der Waals surface area contributed by atoms with Gasteiger partial charge < -0.3 is 5.11 Å². The molecule has 0 saturated heterocycles. The van der Waals surface area contributed by atoms with Crippen LogP contribution in [0.25, 0.3) is 0 Å². The molecule has 0 aliphatic carbocycles. The standard InChI is InChI=1S/C7H9BrClNO3S2/c1-4(3-11)10-15(12,13)6-2-5(9)7(8)14-6/h2,4,10-11H,3H2,1H3. The van der Waals surface area contributed by atoms with Crippen LogP contribution in [0.3, 0.4) is 0 Å². The van der Waals surface area contributed by atoms with E-state index in [4.69, 9.17) is 16.7 Å². The summed E-state index contributed by atoms with van der Waals surface area (Å²) in [7, 11) is -3.58. The van der Waals surface area contributed by atoms with Gasteiger partial charge >= 0.3 is 0 Å². The predicted octanol–water partition coefficient (Wildman–Crippen LogP) is 1.82. The molecule has 0 radical (unpaired) electrons. The van der Waals surface area contributed by atoms with Gasteiger partial charge in [-0.15, -0.1) is 11.3 Å². The molecule has 1 heterocycles. The third-order valence-corrected chi connectivity index (χ3v) is 6.06. The third-order valence-electron chi connectivity index (χ3n) is 1.52. The number of thiophene rings is 1. The summed E-state index contributed by atoms with van der Waals surface area (Å²) >= 11 is 9.89. The van der Waals surface area contributed by atoms with Crippen LogP contribution >= 0.6 is 38.9 Å². The molecule has 0 aliphatic heterocycles. The Morgan fingerprint density at radius 2 is 2.33 bits per heavy atom. The van der Waals surface area contributed by atoms with Gasteiger partial charge in [0.15, 0.2) is 0 Å². The van der Waals surface area contributed by atoms with Crippen molar-refractivity contribution in [2.75, 3.05) is 6.61 Å². The number of aliphatic hydroxyl groups is 1. The molecule has 8 heteroatoms. The van der Waals surface area contributed by atoms with E-state index in [1.54, 1.807) is 6.92 Å². The maximum atomic E-state index is 11.7. The van der Waals surface area contributed by atoms with Gasteiger partial charge in [-0.2, -0.15) is 0 Å². The lowest BCUT2D eigenvalue weighted by atomic mass is 10.4. The lowest BCUT2D eigenvalue weighted by Crippen LogP contribution is -2.34. The van der Waals surface area contributed by atoms with Gasteiger partial charge in [0.25, 0.3) is 0 Å². The van der Waals surface area contributed by atoms with E-state index in [2.05, 4.69) is 20.7 Å². The number of hydrogen-bond donors (Lipinski definition) is 2. The lowest BCUT2D eigenvalue weighted by Gasteiger charge is -2.09. The smallest absolute Gasteiger partial charge is 0.250 e. The molecule has 4 nitrogen and oxygen atoms in total. The molecule has 0 saturated carbocycles. The zero-order chi connectivity index (χ0) is 11.6. The Balaban J connectivity index is 2.96. The molecule has 0 bridgehead atoms. The van der Waals surface area contributed by atoms with Crippen LogP contribution in [0.5, 0.6) is 0 Å². The number of aliphatic hydroxyl groups excluding tert-OH is 1. The summed E-state index contributed by atoms with van der Waals surface area (Å²) in [5, 5.41) is 9.10. The molecule has 0 amide bonds. The highest BCUT2D eigenvalue weighted by Crippen LogP contribution is 2.34. The van der Waals surface area contributed by atoms with Gasteiger partial charge in [-0.25, -0.2) is 13.1 Å². The molecular weight excluding hydrogens is 326 g/mol. The Hall–Kier alpha value is 0.340. The molecule has 15 heavy (non-hydrogen) atoms. The van der Waals surface area contributed by atoms with E-state index in [1.165, 1.54) is 6.07 Å². The quantitative estimate of drug-likeness (QED) is 0.883. The van der Waals surface area contributed by atoms with Crippen molar-refractivity contribution in [2.45, 2.75) is 17.2 Å². The van der Waals surface area contributed by atoms with Crippen LogP contribution in [0.4, 0.5) is 0 Å². The lowest BCUT2D eigenvalue weighted by molar-refractivity contribution is 0.265. The Morgan fingerprint density at radius 1 is 1.73 bits per heavy atom. The first kappa shape index (κ1) is 13.4. The average molecular weight is 335 g/mol. The Labute approximate surface area is 105 Å². The highest BCUT2D eigenvalue weighted by molar-refractivity contribution is 9.11. The molecule has 1 unspecified atom stereocenters. The fraction of sp³-hybridized carbons (Fsp3) is 0.429. The van der Waals surface area contributed by atoms with Gasteiger partial charge in [-0.05, 0) is 28.9 Å². The second-order valence-electron chi connectivity index (χ2n) is 2.89. The summed E-state index contributed by atoms with van der Waals surface area (Å²) < 4.78 is 26.4. The highest BCUT2D eigenvalue weighted by atomic mass is 79.9. The number of sulfonamides is 1. The van der Waals surface area contributed by atoms with Gasteiger partial charge in [-0.1, -0.05) is 11.6 Å². The van der Waals surface area contributed by atoms with Crippen molar-refractivity contribution < 1.29 is 13.5 Å². The monoisotopic (exact) mass is 333 g/mol. The second-order valence-corrected chi connectivity index (χ2v) is 7.61. The number of nitrogens with one attached hydrogen (secondary N) is 1. The molecule has 1 atom stereocenters. The fourth-order valence-corrected chi connectivity index (χ4v) is 4.47. The van der Waals surface area contributed by atoms with Crippen LogP contribution in [-0.4, -0.2) is 26.2 Å². The number of hydrogen-bond acceptors (Lipinski definition) is 4. The SMILES string of the molecule is CC(CO)NS(=O)(=O)c1cc(Cl)c(Br)s1. The summed E-state index contributed by atoms with van der Waals surface area (Å²) in [6.45, 7) is 1.32. The second kappa shape index (κ2) is 5.11. The summed E-state index contributed by atoms with van der Waals surface area (Å²) in [4.78, 5) is 0. The van der Waals surface area contributed by atoms with Crippen molar-refractivity contribution in [1.29, 1.82) is 0 Å². The van der Waals surface area contributed by atoms with E-state index in [9.17, 15) is 8.42 Å². The Kier molecular flexibility index (Phi) is 4.57. The first-order chi connectivity index (χ1) is 6.86. The van der Waals surface area contributed by atoms with Crippen LogP contribution < -0.4 is 4.72 Å². The molecule has 86 valence electrons. The maximum Gasteiger partial charge on any atom is 0.250 e. The zero-order valence-electron chi connectivity index (χ0n) is 7.70. The minimum atomic E-state index is -3.58. The molecule has 2 N–H and O–H groups in total. The van der Waals surface area contributed by atoms with Crippen molar-refractivity contribution in [3.63, 3.8) is 0 Å². The van der Waals surface area contributed by atoms with Gasteiger partial charge in [-0.3, -0.25) is 0 Å². The van der Waals surface area contributed by atoms with Gasteiger partial charge in [0, 0.05) is 6.04 Å². The zero-order valence-corrected chi connectivity index (χ0v) is 11.7. The third kappa shape index (κ3) is 3.40. The molecule has 1 rings (SSSR count). The molecular formula is C7H9BrClNO3S2. The number of rotatable bonds is 4. The average Bonchev–Trinajstić information content (AvgIpc) is 2.47. The van der Waals surface area contributed by atoms with Crippen molar-refractivity contribution in [3.05, 3.63) is 14.9 Å². The Bertz CT molecular complexity index is 426. The molecule has 1 aromatic rings. The normalized spacial score (nSPS) is 14.1. The summed E-state index contributed by atoms with van der Waals surface area (Å²) in [6.07, 6.45) is 0. The molecule has 0 aliphatic rings. The van der Waals surface area contributed by atoms with E-state index >= 15 is 0 Å². The van der Waals surface area contributed by atoms with E-state index in [1.807, 2.05) is 0 Å². The fourth-order valence-electron chi connectivity index (χ4n) is 0.819. The first-order valence-corrected chi connectivity index (χ1v) is 7.42. The van der Waals surface area contributed by atoms with Gasteiger partial charge in [0.1, 0.15) is 4.21 Å². The molecule has 0 aromatic carbocycles. The predicted molar refractivity (Wildman–Crippen MR) is 63.9 cm³/mol. The van der Waals surface area contributed by atoms with Crippen molar-refractivity contribution in [2.24, 2.45) is 0 Å². The van der Waals surface area contributed by atoms with Crippen LogP contribution in [0.1, 0.15) is 6.92 Å². The van der Waals surface area contributed by atoms with E-state index in [-0.39, 0.29) is 10.8 Å². The Morgan fingerprint density at radius 3 is 2.73 bits per heavy atom. The minimum absolute atomic E-state index is 0.125. The number of halogens is 2. The van der Waals surface area contributed by atoms with E-state index in [0.717, 1.165) is 11.3 Å². The summed E-state index contributed by atoms with van der Waals surface area (Å²) in [5.74, 6) is 0. The van der Waals surface area contributed by atoms with Crippen molar-refractivity contribution >= 4 is 48.9 Å². The maximum absolute atomic E-state index is 11.7. The topological polar surface area (TPSA) is 66.4 Å². The largest absolute Gasteiger partial charge is 0.395 e. The summed E-state index contributed by atoms with van der Waals surface area (Å²) in [5.41, 5.74) is 0.